The SMILES string of the molecule is COc1ccc(CN(C)C(=O)COC(=O)c2cccc(C#N)c2)cc1F. The normalized spacial score (nSPS) is 9.92. The van der Waals surface area contributed by atoms with Crippen molar-refractivity contribution in [3.8, 4) is 11.8 Å². The minimum absolute atomic E-state index is 0.122. The third kappa shape index (κ3) is 4.80. The Labute approximate surface area is 150 Å². The first-order valence-corrected chi connectivity index (χ1v) is 7.68. The number of benzene rings is 2. The lowest BCUT2D eigenvalue weighted by Crippen LogP contribution is -2.30. The molecule has 0 fully saturated rings. The highest BCUT2D eigenvalue weighted by molar-refractivity contribution is 5.91. The molecule has 7 heteroatoms. The molecule has 0 unspecified atom stereocenters. The number of halogens is 1. The van der Waals surface area contributed by atoms with E-state index in [-0.39, 0.29) is 17.9 Å². The summed E-state index contributed by atoms with van der Waals surface area (Å²) in [6, 6.07) is 12.3. The summed E-state index contributed by atoms with van der Waals surface area (Å²) in [6.07, 6.45) is 0. The van der Waals surface area contributed by atoms with Crippen molar-refractivity contribution < 1.29 is 23.5 Å². The third-order valence-electron chi connectivity index (χ3n) is 3.62. The number of amides is 1. The van der Waals surface area contributed by atoms with Crippen LogP contribution in [0.15, 0.2) is 42.5 Å². The van der Waals surface area contributed by atoms with Gasteiger partial charge in [-0.1, -0.05) is 12.1 Å². The zero-order valence-corrected chi connectivity index (χ0v) is 14.4. The van der Waals surface area contributed by atoms with E-state index < -0.39 is 24.3 Å². The number of methoxy groups -OCH3 is 1. The van der Waals surface area contributed by atoms with E-state index in [1.54, 1.807) is 18.2 Å². The molecule has 6 nitrogen and oxygen atoms in total. The van der Waals surface area contributed by atoms with Crippen LogP contribution in [0.4, 0.5) is 4.39 Å². The number of hydrogen-bond donors (Lipinski definition) is 0. The van der Waals surface area contributed by atoms with Crippen molar-refractivity contribution in [1.82, 2.24) is 4.90 Å². The van der Waals surface area contributed by atoms with E-state index in [0.29, 0.717) is 11.1 Å². The first-order chi connectivity index (χ1) is 12.4. The molecular formula is C19H17FN2O4. The summed E-state index contributed by atoms with van der Waals surface area (Å²) in [5.74, 6) is -1.53. The zero-order chi connectivity index (χ0) is 19.1. The largest absolute Gasteiger partial charge is 0.494 e. The average molecular weight is 356 g/mol. The third-order valence-corrected chi connectivity index (χ3v) is 3.62. The fourth-order valence-corrected chi connectivity index (χ4v) is 2.21. The Morgan fingerprint density at radius 2 is 2.00 bits per heavy atom. The van der Waals surface area contributed by atoms with E-state index in [1.807, 2.05) is 6.07 Å². The molecule has 0 radical (unpaired) electrons. The first kappa shape index (κ1) is 18.9. The van der Waals surface area contributed by atoms with Gasteiger partial charge in [0, 0.05) is 13.6 Å². The molecule has 0 bridgehead atoms. The Balaban J connectivity index is 1.91. The van der Waals surface area contributed by atoms with Crippen LogP contribution in [-0.2, 0) is 16.1 Å². The molecule has 2 aromatic rings. The Morgan fingerprint density at radius 1 is 1.23 bits per heavy atom. The lowest BCUT2D eigenvalue weighted by atomic mass is 10.1. The molecule has 134 valence electrons. The molecule has 0 aliphatic rings. The predicted molar refractivity (Wildman–Crippen MR) is 90.9 cm³/mol. The van der Waals surface area contributed by atoms with Crippen LogP contribution in [0.5, 0.6) is 5.75 Å². The maximum Gasteiger partial charge on any atom is 0.338 e. The number of hydrogen-bond acceptors (Lipinski definition) is 5. The van der Waals surface area contributed by atoms with Gasteiger partial charge in [-0.15, -0.1) is 0 Å². The van der Waals surface area contributed by atoms with E-state index >= 15 is 0 Å². The fraction of sp³-hybridized carbons (Fsp3) is 0.211. The van der Waals surface area contributed by atoms with Crippen LogP contribution in [0.2, 0.25) is 0 Å². The van der Waals surface area contributed by atoms with Gasteiger partial charge in [-0.3, -0.25) is 4.79 Å². The van der Waals surface area contributed by atoms with Crippen LogP contribution in [0.25, 0.3) is 0 Å². The summed E-state index contributed by atoms with van der Waals surface area (Å²) < 4.78 is 23.5. The zero-order valence-electron chi connectivity index (χ0n) is 14.4. The Hall–Kier alpha value is -3.40. The van der Waals surface area contributed by atoms with Gasteiger partial charge in [-0.25, -0.2) is 9.18 Å². The molecule has 0 aliphatic heterocycles. The topological polar surface area (TPSA) is 79.6 Å². The number of esters is 1. The van der Waals surface area contributed by atoms with Crippen LogP contribution in [0, 0.1) is 17.1 Å². The van der Waals surface area contributed by atoms with Gasteiger partial charge in [-0.05, 0) is 35.9 Å². The van der Waals surface area contributed by atoms with Gasteiger partial charge in [0.05, 0.1) is 24.3 Å². The lowest BCUT2D eigenvalue weighted by molar-refractivity contribution is -0.133. The molecule has 26 heavy (non-hydrogen) atoms. The maximum atomic E-state index is 13.7. The number of rotatable bonds is 6. The van der Waals surface area contributed by atoms with Crippen molar-refractivity contribution in [2.45, 2.75) is 6.54 Å². The number of nitrogens with zero attached hydrogens (tertiary/aromatic N) is 2. The summed E-state index contributed by atoms with van der Waals surface area (Å²) in [5, 5.41) is 8.83. The van der Waals surface area contributed by atoms with Gasteiger partial charge < -0.3 is 14.4 Å². The van der Waals surface area contributed by atoms with Crippen molar-refractivity contribution in [2.24, 2.45) is 0 Å². The second-order valence-corrected chi connectivity index (χ2v) is 5.49. The van der Waals surface area contributed by atoms with Crippen LogP contribution in [0.3, 0.4) is 0 Å². The molecular weight excluding hydrogens is 339 g/mol. The van der Waals surface area contributed by atoms with E-state index in [0.717, 1.165) is 0 Å². The minimum atomic E-state index is -0.695. The van der Waals surface area contributed by atoms with Gasteiger partial charge in [0.1, 0.15) is 0 Å². The molecule has 0 saturated carbocycles. The lowest BCUT2D eigenvalue weighted by Gasteiger charge is -2.17. The van der Waals surface area contributed by atoms with Crippen molar-refractivity contribution in [3.63, 3.8) is 0 Å². The molecule has 0 saturated heterocycles. The molecule has 0 spiro atoms. The second kappa shape index (κ2) is 8.62. The number of carbonyl (C=O) groups is 2. The molecule has 0 N–H and O–H groups in total. The number of nitriles is 1. The van der Waals surface area contributed by atoms with Crippen molar-refractivity contribution in [3.05, 3.63) is 65.0 Å². The minimum Gasteiger partial charge on any atom is -0.494 e. The standard InChI is InChI=1S/C19H17FN2O4/c1-22(11-14-6-7-17(25-2)16(20)9-14)18(23)12-26-19(24)15-5-3-4-13(8-15)10-21/h3-9H,11-12H2,1-2H3. The maximum absolute atomic E-state index is 13.7. The van der Waals surface area contributed by atoms with Crippen molar-refractivity contribution in [2.75, 3.05) is 20.8 Å². The number of likely N-dealkylation sites (N-methyl/N-ethyl adjacent to an activating group) is 1. The van der Waals surface area contributed by atoms with Gasteiger partial charge in [0.15, 0.2) is 18.2 Å². The fourth-order valence-electron chi connectivity index (χ4n) is 2.21. The van der Waals surface area contributed by atoms with Crippen LogP contribution in [-0.4, -0.2) is 37.5 Å². The van der Waals surface area contributed by atoms with Crippen molar-refractivity contribution in [1.29, 1.82) is 5.26 Å². The van der Waals surface area contributed by atoms with Gasteiger partial charge >= 0.3 is 5.97 Å². The van der Waals surface area contributed by atoms with Gasteiger partial charge in [0.2, 0.25) is 0 Å². The highest BCUT2D eigenvalue weighted by atomic mass is 19.1. The van der Waals surface area contributed by atoms with E-state index in [2.05, 4.69) is 0 Å². The Bertz CT molecular complexity index is 861. The van der Waals surface area contributed by atoms with Crippen LogP contribution >= 0.6 is 0 Å². The molecule has 0 aromatic heterocycles. The predicted octanol–water partition coefficient (Wildman–Crippen LogP) is 2.52. The smallest absolute Gasteiger partial charge is 0.338 e. The van der Waals surface area contributed by atoms with E-state index in [9.17, 15) is 14.0 Å². The van der Waals surface area contributed by atoms with Gasteiger partial charge in [0.25, 0.3) is 5.91 Å². The van der Waals surface area contributed by atoms with E-state index in [1.165, 1.54) is 43.3 Å². The molecule has 0 atom stereocenters. The number of ether oxygens (including phenoxy) is 2. The molecule has 0 heterocycles. The molecule has 1 amide bonds. The second-order valence-electron chi connectivity index (χ2n) is 5.49. The van der Waals surface area contributed by atoms with Crippen molar-refractivity contribution >= 4 is 11.9 Å². The number of carbonyl (C=O) groups excluding carboxylic acids is 2. The summed E-state index contributed by atoms with van der Waals surface area (Å²) in [4.78, 5) is 25.4. The highest BCUT2D eigenvalue weighted by Crippen LogP contribution is 2.18. The Morgan fingerprint density at radius 3 is 2.65 bits per heavy atom. The highest BCUT2D eigenvalue weighted by Gasteiger charge is 2.15. The summed E-state index contributed by atoms with van der Waals surface area (Å²) in [6.45, 7) is -0.300. The van der Waals surface area contributed by atoms with Crippen LogP contribution < -0.4 is 4.74 Å². The van der Waals surface area contributed by atoms with Gasteiger partial charge in [-0.2, -0.15) is 5.26 Å². The summed E-state index contributed by atoms with van der Waals surface area (Å²) in [7, 11) is 2.89. The molecule has 2 aromatic carbocycles. The Kier molecular flexibility index (Phi) is 6.28. The summed E-state index contributed by atoms with van der Waals surface area (Å²) >= 11 is 0. The first-order valence-electron chi connectivity index (χ1n) is 7.68. The average Bonchev–Trinajstić information content (AvgIpc) is 2.65. The van der Waals surface area contributed by atoms with E-state index in [4.69, 9.17) is 14.7 Å². The monoisotopic (exact) mass is 356 g/mol. The quantitative estimate of drug-likeness (QED) is 0.743. The molecule has 2 rings (SSSR count). The van der Waals surface area contributed by atoms with Crippen LogP contribution in [0.1, 0.15) is 21.5 Å². The molecule has 0 aliphatic carbocycles. The summed E-state index contributed by atoms with van der Waals surface area (Å²) in [5.41, 5.74) is 1.09.